The van der Waals surface area contributed by atoms with Crippen LogP contribution >= 0.6 is 27.5 Å². The van der Waals surface area contributed by atoms with Crippen LogP contribution in [0.2, 0.25) is 5.02 Å². The number of benzene rings is 2. The lowest BCUT2D eigenvalue weighted by atomic mass is 10.1. The standard InChI is InChI=1S/C16H16BrClO2/c1-19-9-8-12-2-5-15(6-3-12)20-16-7-4-14(18)10-13(16)11-17/h2-7,10H,8-9,11H2,1H3. The van der Waals surface area contributed by atoms with Crippen molar-refractivity contribution >= 4 is 27.5 Å². The summed E-state index contributed by atoms with van der Waals surface area (Å²) in [5.74, 6) is 1.63. The zero-order chi connectivity index (χ0) is 14.4. The lowest BCUT2D eigenvalue weighted by Gasteiger charge is -2.10. The Morgan fingerprint density at radius 3 is 2.50 bits per heavy atom. The first-order valence-electron chi connectivity index (χ1n) is 6.33. The summed E-state index contributed by atoms with van der Waals surface area (Å²) in [6, 6.07) is 13.7. The highest BCUT2D eigenvalue weighted by Crippen LogP contribution is 2.29. The summed E-state index contributed by atoms with van der Waals surface area (Å²) in [5.41, 5.74) is 2.26. The number of hydrogen-bond donors (Lipinski definition) is 0. The van der Waals surface area contributed by atoms with Gasteiger partial charge >= 0.3 is 0 Å². The van der Waals surface area contributed by atoms with Gasteiger partial charge in [0.1, 0.15) is 11.5 Å². The first kappa shape index (κ1) is 15.4. The van der Waals surface area contributed by atoms with E-state index in [1.165, 1.54) is 5.56 Å². The van der Waals surface area contributed by atoms with Crippen LogP contribution in [-0.2, 0) is 16.5 Å². The van der Waals surface area contributed by atoms with Gasteiger partial charge in [0.05, 0.1) is 6.61 Å². The molecular formula is C16H16BrClO2. The maximum absolute atomic E-state index is 5.98. The van der Waals surface area contributed by atoms with Crippen LogP contribution in [0.4, 0.5) is 0 Å². The lowest BCUT2D eigenvalue weighted by molar-refractivity contribution is 0.202. The molecule has 0 amide bonds. The van der Waals surface area contributed by atoms with E-state index in [-0.39, 0.29) is 0 Å². The molecule has 0 heterocycles. The van der Waals surface area contributed by atoms with Gasteiger partial charge in [0.15, 0.2) is 0 Å². The number of methoxy groups -OCH3 is 1. The molecule has 0 atom stereocenters. The Morgan fingerprint density at radius 1 is 1.10 bits per heavy atom. The predicted octanol–water partition coefficient (Wildman–Crippen LogP) is 5.22. The minimum Gasteiger partial charge on any atom is -0.457 e. The van der Waals surface area contributed by atoms with Crippen molar-refractivity contribution in [3.05, 3.63) is 58.6 Å². The molecule has 2 rings (SSSR count). The summed E-state index contributed by atoms with van der Waals surface area (Å²) in [7, 11) is 1.71. The highest BCUT2D eigenvalue weighted by Gasteiger charge is 2.05. The summed E-state index contributed by atoms with van der Waals surface area (Å²) < 4.78 is 11.0. The van der Waals surface area contributed by atoms with Crippen molar-refractivity contribution in [2.45, 2.75) is 11.8 Å². The molecule has 2 aromatic carbocycles. The van der Waals surface area contributed by atoms with Crippen LogP contribution in [0.1, 0.15) is 11.1 Å². The minimum absolute atomic E-state index is 0.703. The first-order valence-corrected chi connectivity index (χ1v) is 7.83. The van der Waals surface area contributed by atoms with Crippen molar-refractivity contribution in [2.75, 3.05) is 13.7 Å². The number of rotatable bonds is 6. The molecule has 0 saturated carbocycles. The maximum Gasteiger partial charge on any atom is 0.131 e. The van der Waals surface area contributed by atoms with Crippen molar-refractivity contribution in [1.29, 1.82) is 0 Å². The van der Waals surface area contributed by atoms with Gasteiger partial charge in [0.2, 0.25) is 0 Å². The van der Waals surface area contributed by atoms with Crippen LogP contribution in [-0.4, -0.2) is 13.7 Å². The highest BCUT2D eigenvalue weighted by molar-refractivity contribution is 9.08. The molecule has 0 aliphatic heterocycles. The Bertz CT molecular complexity index is 555. The summed E-state index contributed by atoms with van der Waals surface area (Å²) in [5, 5.41) is 1.41. The summed E-state index contributed by atoms with van der Waals surface area (Å²) >= 11 is 9.42. The molecule has 20 heavy (non-hydrogen) atoms. The second-order valence-electron chi connectivity index (χ2n) is 4.37. The zero-order valence-electron chi connectivity index (χ0n) is 11.2. The molecule has 2 aromatic rings. The molecule has 2 nitrogen and oxygen atoms in total. The van der Waals surface area contributed by atoms with Gasteiger partial charge in [-0.2, -0.15) is 0 Å². The van der Waals surface area contributed by atoms with E-state index in [0.717, 1.165) is 30.1 Å². The monoisotopic (exact) mass is 354 g/mol. The summed E-state index contributed by atoms with van der Waals surface area (Å²) in [4.78, 5) is 0. The first-order chi connectivity index (χ1) is 9.72. The Labute approximate surface area is 132 Å². The second-order valence-corrected chi connectivity index (χ2v) is 5.37. The van der Waals surface area contributed by atoms with Gasteiger partial charge in [-0.3, -0.25) is 0 Å². The molecule has 0 aromatic heterocycles. The Balaban J connectivity index is 2.10. The Hall–Kier alpha value is -1.03. The van der Waals surface area contributed by atoms with E-state index in [4.69, 9.17) is 21.1 Å². The molecule has 0 fully saturated rings. The number of alkyl halides is 1. The minimum atomic E-state index is 0.703. The van der Waals surface area contributed by atoms with Gasteiger partial charge in [-0.1, -0.05) is 39.7 Å². The van der Waals surface area contributed by atoms with Gasteiger partial charge in [0.25, 0.3) is 0 Å². The zero-order valence-corrected chi connectivity index (χ0v) is 13.6. The Kier molecular flexibility index (Phi) is 5.89. The number of halogens is 2. The molecule has 0 radical (unpaired) electrons. The quantitative estimate of drug-likeness (QED) is 0.662. The third-order valence-electron chi connectivity index (χ3n) is 2.91. The molecule has 4 heteroatoms. The maximum atomic E-state index is 5.98. The smallest absolute Gasteiger partial charge is 0.131 e. The van der Waals surface area contributed by atoms with E-state index >= 15 is 0 Å². The summed E-state index contributed by atoms with van der Waals surface area (Å²) in [6.45, 7) is 0.727. The van der Waals surface area contributed by atoms with E-state index in [2.05, 4.69) is 28.1 Å². The predicted molar refractivity (Wildman–Crippen MR) is 86.2 cm³/mol. The van der Waals surface area contributed by atoms with Crippen LogP contribution in [0.3, 0.4) is 0 Å². The van der Waals surface area contributed by atoms with Gasteiger partial charge < -0.3 is 9.47 Å². The fourth-order valence-electron chi connectivity index (χ4n) is 1.82. The molecule has 106 valence electrons. The molecule has 0 N–H and O–H groups in total. The van der Waals surface area contributed by atoms with E-state index in [1.54, 1.807) is 7.11 Å². The van der Waals surface area contributed by atoms with Gasteiger partial charge in [-0.15, -0.1) is 0 Å². The normalized spacial score (nSPS) is 10.6. The SMILES string of the molecule is COCCc1ccc(Oc2ccc(Cl)cc2CBr)cc1. The van der Waals surface area contributed by atoms with Crippen LogP contribution < -0.4 is 4.74 Å². The molecule has 0 saturated heterocycles. The van der Waals surface area contributed by atoms with E-state index in [1.807, 2.05) is 30.3 Å². The van der Waals surface area contributed by atoms with Crippen molar-refractivity contribution in [3.8, 4) is 11.5 Å². The van der Waals surface area contributed by atoms with Gasteiger partial charge in [0, 0.05) is 23.0 Å². The van der Waals surface area contributed by atoms with Crippen LogP contribution in [0.5, 0.6) is 11.5 Å². The molecule has 0 aliphatic rings. The van der Waals surface area contributed by atoms with Crippen molar-refractivity contribution < 1.29 is 9.47 Å². The molecule has 0 unspecified atom stereocenters. The van der Waals surface area contributed by atoms with Crippen molar-refractivity contribution in [3.63, 3.8) is 0 Å². The van der Waals surface area contributed by atoms with E-state index in [0.29, 0.717) is 10.4 Å². The van der Waals surface area contributed by atoms with Crippen LogP contribution in [0.25, 0.3) is 0 Å². The van der Waals surface area contributed by atoms with E-state index in [9.17, 15) is 0 Å². The van der Waals surface area contributed by atoms with Gasteiger partial charge in [-0.05, 0) is 42.3 Å². The molecule has 0 spiro atoms. The third-order valence-corrected chi connectivity index (χ3v) is 3.75. The van der Waals surface area contributed by atoms with Gasteiger partial charge in [-0.25, -0.2) is 0 Å². The summed E-state index contributed by atoms with van der Waals surface area (Å²) in [6.07, 6.45) is 0.907. The highest BCUT2D eigenvalue weighted by atomic mass is 79.9. The molecule has 0 bridgehead atoms. The van der Waals surface area contributed by atoms with Crippen molar-refractivity contribution in [1.82, 2.24) is 0 Å². The second kappa shape index (κ2) is 7.67. The fourth-order valence-corrected chi connectivity index (χ4v) is 2.46. The molecule has 0 aliphatic carbocycles. The topological polar surface area (TPSA) is 18.5 Å². The lowest BCUT2D eigenvalue weighted by Crippen LogP contribution is -1.94. The Morgan fingerprint density at radius 2 is 1.85 bits per heavy atom. The van der Waals surface area contributed by atoms with Crippen LogP contribution in [0, 0.1) is 0 Å². The average molecular weight is 356 g/mol. The fraction of sp³-hybridized carbons (Fsp3) is 0.250. The van der Waals surface area contributed by atoms with E-state index < -0.39 is 0 Å². The largest absolute Gasteiger partial charge is 0.457 e. The van der Waals surface area contributed by atoms with Crippen LogP contribution in [0.15, 0.2) is 42.5 Å². The number of ether oxygens (including phenoxy) is 2. The molecular weight excluding hydrogens is 340 g/mol. The number of hydrogen-bond acceptors (Lipinski definition) is 2. The average Bonchev–Trinajstić information content (AvgIpc) is 2.48. The third kappa shape index (κ3) is 4.23. The van der Waals surface area contributed by atoms with Crippen molar-refractivity contribution in [2.24, 2.45) is 0 Å².